The molecule has 2 N–H and O–H groups in total. The third-order valence-electron chi connectivity index (χ3n) is 1.96. The van der Waals surface area contributed by atoms with E-state index >= 15 is 0 Å². The van der Waals surface area contributed by atoms with E-state index in [1.807, 2.05) is 12.3 Å². The topological polar surface area (TPSA) is 66.4 Å². The first-order valence-corrected chi connectivity index (χ1v) is 6.43. The van der Waals surface area contributed by atoms with Gasteiger partial charge in [0.05, 0.1) is 0 Å². The monoisotopic (exact) mass is 305 g/mol. The van der Waals surface area contributed by atoms with Crippen molar-refractivity contribution >= 4 is 39.1 Å². The molecule has 0 radical (unpaired) electrons. The maximum absolute atomic E-state index is 11.6. The minimum atomic E-state index is -0.845. The molecule has 0 saturated carbocycles. The number of aryl methyl sites for hydroxylation is 1. The van der Waals surface area contributed by atoms with Gasteiger partial charge in [-0.3, -0.25) is 9.59 Å². The first kappa shape index (κ1) is 13.2. The molecule has 0 aliphatic heterocycles. The van der Waals surface area contributed by atoms with Gasteiger partial charge in [-0.05, 0) is 40.2 Å². The maximum atomic E-state index is 11.6. The Labute approximate surface area is 106 Å². The summed E-state index contributed by atoms with van der Waals surface area (Å²) < 4.78 is 0.813. The predicted octanol–water partition coefficient (Wildman–Crippen LogP) is 2.41. The number of rotatable bonds is 5. The number of carbonyl (C=O) groups is 2. The summed E-state index contributed by atoms with van der Waals surface area (Å²) >= 11 is 4.71. The summed E-state index contributed by atoms with van der Waals surface area (Å²) in [4.78, 5) is 22.5. The number of nitrogens with one attached hydrogen (secondary N) is 1. The average molecular weight is 306 g/mol. The summed E-state index contributed by atoms with van der Waals surface area (Å²) in [5.74, 6) is -1.00. The first-order valence-electron chi connectivity index (χ1n) is 4.76. The van der Waals surface area contributed by atoms with E-state index in [0.29, 0.717) is 17.8 Å². The molecule has 0 aliphatic carbocycles. The van der Waals surface area contributed by atoms with Crippen molar-refractivity contribution in [2.24, 2.45) is 0 Å². The van der Waals surface area contributed by atoms with Crippen LogP contribution in [0.4, 0.5) is 0 Å². The number of hydrogen-bond donors (Lipinski definition) is 2. The Morgan fingerprint density at radius 1 is 1.56 bits per heavy atom. The zero-order valence-electron chi connectivity index (χ0n) is 8.75. The fraction of sp³-hybridized carbons (Fsp3) is 0.400. The molecule has 0 unspecified atom stereocenters. The normalized spacial score (nSPS) is 10.1. The van der Waals surface area contributed by atoms with Crippen LogP contribution in [-0.4, -0.2) is 23.5 Å². The van der Waals surface area contributed by atoms with Crippen molar-refractivity contribution in [2.75, 3.05) is 6.54 Å². The van der Waals surface area contributed by atoms with Crippen molar-refractivity contribution in [3.63, 3.8) is 0 Å². The van der Waals surface area contributed by atoms with Crippen LogP contribution < -0.4 is 5.32 Å². The fourth-order valence-electron chi connectivity index (χ4n) is 1.10. The van der Waals surface area contributed by atoms with Crippen LogP contribution >= 0.6 is 27.3 Å². The zero-order chi connectivity index (χ0) is 12.1. The number of amides is 1. The predicted molar refractivity (Wildman–Crippen MR) is 66.0 cm³/mol. The largest absolute Gasteiger partial charge is 0.481 e. The molecule has 0 spiro atoms. The highest BCUT2D eigenvalue weighted by molar-refractivity contribution is 9.10. The number of thiophene rings is 1. The molecule has 16 heavy (non-hydrogen) atoms. The molecule has 0 aromatic carbocycles. The molecule has 1 aromatic rings. The molecule has 88 valence electrons. The lowest BCUT2D eigenvalue weighted by Crippen LogP contribution is -2.24. The van der Waals surface area contributed by atoms with E-state index in [1.54, 1.807) is 0 Å². The molecule has 0 saturated heterocycles. The van der Waals surface area contributed by atoms with Crippen molar-refractivity contribution in [1.82, 2.24) is 5.32 Å². The van der Waals surface area contributed by atoms with Gasteiger partial charge in [0, 0.05) is 17.4 Å². The number of halogens is 1. The van der Waals surface area contributed by atoms with Crippen LogP contribution in [0.1, 0.15) is 28.1 Å². The second-order valence-corrected chi connectivity index (χ2v) is 4.99. The minimum Gasteiger partial charge on any atom is -0.481 e. The molecule has 1 heterocycles. The Balaban J connectivity index is 2.41. The second kappa shape index (κ2) is 6.00. The summed E-state index contributed by atoms with van der Waals surface area (Å²) in [6, 6.07) is 0. The van der Waals surface area contributed by atoms with Gasteiger partial charge in [-0.15, -0.1) is 11.3 Å². The van der Waals surface area contributed by atoms with Crippen LogP contribution in [-0.2, 0) is 4.79 Å². The third kappa shape index (κ3) is 3.61. The molecular weight excluding hydrogens is 294 g/mol. The minimum absolute atomic E-state index is 0.0743. The lowest BCUT2D eigenvalue weighted by atomic mass is 10.3. The SMILES string of the molecule is Cc1csc(C(=O)NCCCC(=O)O)c1Br. The molecule has 1 rings (SSSR count). The summed E-state index contributed by atoms with van der Waals surface area (Å²) in [6.45, 7) is 2.30. The highest BCUT2D eigenvalue weighted by Crippen LogP contribution is 2.27. The van der Waals surface area contributed by atoms with Gasteiger partial charge in [0.2, 0.25) is 0 Å². The Hall–Kier alpha value is -0.880. The zero-order valence-corrected chi connectivity index (χ0v) is 11.2. The van der Waals surface area contributed by atoms with Crippen molar-refractivity contribution in [1.29, 1.82) is 0 Å². The van der Waals surface area contributed by atoms with Gasteiger partial charge in [0.25, 0.3) is 5.91 Å². The highest BCUT2D eigenvalue weighted by atomic mass is 79.9. The fourth-order valence-corrected chi connectivity index (χ4v) is 2.69. The van der Waals surface area contributed by atoms with Gasteiger partial charge in [-0.1, -0.05) is 0 Å². The van der Waals surface area contributed by atoms with Gasteiger partial charge in [-0.2, -0.15) is 0 Å². The first-order chi connectivity index (χ1) is 7.52. The summed E-state index contributed by atoms with van der Waals surface area (Å²) in [7, 11) is 0. The third-order valence-corrected chi connectivity index (χ3v) is 4.34. The van der Waals surface area contributed by atoms with E-state index in [1.165, 1.54) is 11.3 Å². The number of hydrogen-bond acceptors (Lipinski definition) is 3. The second-order valence-electron chi connectivity index (χ2n) is 3.32. The number of aliphatic carboxylic acids is 1. The quantitative estimate of drug-likeness (QED) is 0.821. The van der Waals surface area contributed by atoms with Crippen LogP contribution in [0.25, 0.3) is 0 Å². The number of carbonyl (C=O) groups excluding carboxylic acids is 1. The standard InChI is InChI=1S/C10H12BrNO3S/c1-6-5-16-9(8(6)11)10(15)12-4-2-3-7(13)14/h5H,2-4H2,1H3,(H,12,15)(H,13,14). The smallest absolute Gasteiger partial charge is 0.303 e. The molecule has 6 heteroatoms. The lowest BCUT2D eigenvalue weighted by Gasteiger charge is -2.02. The van der Waals surface area contributed by atoms with E-state index in [-0.39, 0.29) is 12.3 Å². The van der Waals surface area contributed by atoms with E-state index in [0.717, 1.165) is 10.0 Å². The van der Waals surface area contributed by atoms with Gasteiger partial charge in [0.15, 0.2) is 0 Å². The van der Waals surface area contributed by atoms with Crippen molar-refractivity contribution < 1.29 is 14.7 Å². The summed E-state index contributed by atoms with van der Waals surface area (Å²) in [5, 5.41) is 13.0. The molecule has 0 aliphatic rings. The van der Waals surface area contributed by atoms with Crippen LogP contribution in [0, 0.1) is 6.92 Å². The summed E-state index contributed by atoms with van der Waals surface area (Å²) in [5.41, 5.74) is 1.03. The van der Waals surface area contributed by atoms with Crippen LogP contribution in [0.3, 0.4) is 0 Å². The van der Waals surface area contributed by atoms with Gasteiger partial charge >= 0.3 is 5.97 Å². The molecule has 1 amide bonds. The van der Waals surface area contributed by atoms with E-state index < -0.39 is 5.97 Å². The molecular formula is C10H12BrNO3S. The highest BCUT2D eigenvalue weighted by Gasteiger charge is 2.13. The van der Waals surface area contributed by atoms with E-state index in [4.69, 9.17) is 5.11 Å². The number of carboxylic acids is 1. The number of carboxylic acid groups (broad SMARTS) is 1. The molecule has 1 aromatic heterocycles. The average Bonchev–Trinajstić information content (AvgIpc) is 2.54. The van der Waals surface area contributed by atoms with Gasteiger partial charge < -0.3 is 10.4 Å². The van der Waals surface area contributed by atoms with Crippen molar-refractivity contribution in [3.8, 4) is 0 Å². The Kier molecular flexibility index (Phi) is 4.95. The Morgan fingerprint density at radius 2 is 2.25 bits per heavy atom. The van der Waals surface area contributed by atoms with Crippen molar-refractivity contribution in [2.45, 2.75) is 19.8 Å². The lowest BCUT2D eigenvalue weighted by molar-refractivity contribution is -0.137. The Morgan fingerprint density at radius 3 is 2.75 bits per heavy atom. The van der Waals surface area contributed by atoms with E-state index in [9.17, 15) is 9.59 Å². The molecule has 0 fully saturated rings. The molecule has 0 atom stereocenters. The maximum Gasteiger partial charge on any atom is 0.303 e. The Bertz CT molecular complexity index is 403. The van der Waals surface area contributed by atoms with Crippen LogP contribution in [0.2, 0.25) is 0 Å². The molecule has 0 bridgehead atoms. The summed E-state index contributed by atoms with van der Waals surface area (Å²) in [6.07, 6.45) is 0.522. The van der Waals surface area contributed by atoms with Gasteiger partial charge in [-0.25, -0.2) is 0 Å². The van der Waals surface area contributed by atoms with Crippen molar-refractivity contribution in [3.05, 3.63) is 20.3 Å². The van der Waals surface area contributed by atoms with E-state index in [2.05, 4.69) is 21.2 Å². The van der Waals surface area contributed by atoms with Crippen LogP contribution in [0.5, 0.6) is 0 Å². The molecule has 4 nitrogen and oxygen atoms in total. The van der Waals surface area contributed by atoms with Crippen LogP contribution in [0.15, 0.2) is 9.85 Å². The van der Waals surface area contributed by atoms with Gasteiger partial charge in [0.1, 0.15) is 4.88 Å².